The molecule has 1 aliphatic heterocycles. The van der Waals surface area contributed by atoms with E-state index in [1.807, 2.05) is 55.9 Å². The number of aryl methyl sites for hydroxylation is 2. The van der Waals surface area contributed by atoms with Gasteiger partial charge in [-0.2, -0.15) is 0 Å². The van der Waals surface area contributed by atoms with Crippen LogP contribution in [0.2, 0.25) is 5.02 Å². The predicted octanol–water partition coefficient (Wildman–Crippen LogP) is 6.08. The summed E-state index contributed by atoms with van der Waals surface area (Å²) >= 11 is 5.96. The summed E-state index contributed by atoms with van der Waals surface area (Å²) in [5.74, 6) is 1.34. The first-order valence-electron chi connectivity index (χ1n) is 9.97. The van der Waals surface area contributed by atoms with Crippen LogP contribution in [-0.2, 0) is 0 Å². The van der Waals surface area contributed by atoms with Gasteiger partial charge in [0, 0.05) is 30.4 Å². The number of piperidine rings is 1. The van der Waals surface area contributed by atoms with Crippen LogP contribution in [-0.4, -0.2) is 34.1 Å². The van der Waals surface area contributed by atoms with E-state index in [4.69, 9.17) is 21.3 Å². The number of hydrogen-bond donors (Lipinski definition) is 0. The van der Waals surface area contributed by atoms with Crippen molar-refractivity contribution in [1.82, 2.24) is 14.7 Å². The molecule has 150 valence electrons. The lowest BCUT2D eigenvalue weighted by Crippen LogP contribution is -2.28. The maximum Gasteiger partial charge on any atom is 0.238 e. The largest absolute Gasteiger partial charge is 0.437 e. The molecule has 0 atom stereocenters. The van der Waals surface area contributed by atoms with Crippen molar-refractivity contribution in [1.29, 1.82) is 0 Å². The van der Waals surface area contributed by atoms with Crippen molar-refractivity contribution < 1.29 is 4.74 Å². The van der Waals surface area contributed by atoms with E-state index in [9.17, 15) is 0 Å². The topological polar surface area (TPSA) is 42.6 Å². The lowest BCUT2D eigenvalue weighted by Gasteiger charge is -2.23. The van der Waals surface area contributed by atoms with Crippen molar-refractivity contribution in [3.8, 4) is 17.3 Å². The monoisotopic (exact) mass is 408 g/mol. The first-order valence-corrected chi connectivity index (χ1v) is 10.4. The molecular formula is C23H25ClN4O. The van der Waals surface area contributed by atoms with Crippen LogP contribution in [0.5, 0.6) is 11.6 Å². The molecule has 0 aliphatic carbocycles. The molecule has 1 saturated heterocycles. The van der Waals surface area contributed by atoms with Crippen molar-refractivity contribution >= 4 is 23.6 Å². The molecule has 1 aromatic heterocycles. The number of benzene rings is 2. The number of rotatable bonds is 5. The van der Waals surface area contributed by atoms with Gasteiger partial charge in [-0.05, 0) is 80.6 Å². The molecule has 2 heterocycles. The van der Waals surface area contributed by atoms with E-state index < -0.39 is 0 Å². The third-order valence-corrected chi connectivity index (χ3v) is 5.37. The Morgan fingerprint density at radius 1 is 1.00 bits per heavy atom. The minimum Gasteiger partial charge on any atom is -0.437 e. The molecule has 0 saturated carbocycles. The molecule has 5 nitrogen and oxygen atoms in total. The highest BCUT2D eigenvalue weighted by atomic mass is 35.5. The smallest absolute Gasteiger partial charge is 0.238 e. The quantitative estimate of drug-likeness (QED) is 0.379. The molecule has 1 fully saturated rings. The van der Waals surface area contributed by atoms with E-state index in [-0.39, 0.29) is 0 Å². The average Bonchev–Trinajstić information content (AvgIpc) is 3.19. The van der Waals surface area contributed by atoms with Gasteiger partial charge in [-0.25, -0.2) is 9.67 Å². The third-order valence-electron chi connectivity index (χ3n) is 5.11. The van der Waals surface area contributed by atoms with Crippen LogP contribution in [0.15, 0.2) is 53.7 Å². The summed E-state index contributed by atoms with van der Waals surface area (Å²) in [6, 6.07) is 13.5. The van der Waals surface area contributed by atoms with E-state index in [0.717, 1.165) is 41.3 Å². The van der Waals surface area contributed by atoms with Gasteiger partial charge in [-0.3, -0.25) is 0 Å². The highest BCUT2D eigenvalue weighted by Crippen LogP contribution is 2.31. The second-order valence-corrected chi connectivity index (χ2v) is 7.86. The predicted molar refractivity (Wildman–Crippen MR) is 118 cm³/mol. The minimum atomic E-state index is 0.548. The number of halogens is 1. The molecule has 29 heavy (non-hydrogen) atoms. The van der Waals surface area contributed by atoms with E-state index >= 15 is 0 Å². The fourth-order valence-corrected chi connectivity index (χ4v) is 3.54. The highest BCUT2D eigenvalue weighted by Gasteiger charge is 2.10. The molecule has 4 rings (SSSR count). The van der Waals surface area contributed by atoms with Crippen LogP contribution in [0.1, 0.15) is 30.4 Å². The normalized spacial score (nSPS) is 14.5. The van der Waals surface area contributed by atoms with Crippen molar-refractivity contribution in [2.24, 2.45) is 4.99 Å². The molecule has 0 N–H and O–H groups in total. The number of nitrogens with zero attached hydrogens (tertiary/aromatic N) is 4. The number of hydrogen-bond acceptors (Lipinski definition) is 3. The standard InChI is InChI=1S/C23H25ClN4O/c1-17-15-22(18(2)14-21(17)25-16-27-11-4-3-5-12-27)29-23-10-13-28(26-23)20-8-6-19(24)7-9-20/h6-10,13-16H,3-5,11-12H2,1-2H3. The number of aromatic nitrogens is 2. The van der Waals surface area contributed by atoms with Crippen LogP contribution in [0.4, 0.5) is 5.69 Å². The van der Waals surface area contributed by atoms with Crippen molar-refractivity contribution in [3.63, 3.8) is 0 Å². The zero-order valence-electron chi connectivity index (χ0n) is 16.8. The average molecular weight is 409 g/mol. The maximum atomic E-state index is 6.05. The molecule has 1 aliphatic rings. The second kappa shape index (κ2) is 8.70. The number of likely N-dealkylation sites (tertiary alicyclic amines) is 1. The summed E-state index contributed by atoms with van der Waals surface area (Å²) in [6.45, 7) is 6.28. The Morgan fingerprint density at radius 3 is 2.52 bits per heavy atom. The molecule has 0 amide bonds. The first-order chi connectivity index (χ1) is 14.1. The van der Waals surface area contributed by atoms with Crippen LogP contribution >= 0.6 is 11.6 Å². The molecule has 0 spiro atoms. The van der Waals surface area contributed by atoms with E-state index in [0.29, 0.717) is 10.9 Å². The lowest BCUT2D eigenvalue weighted by atomic mass is 10.1. The zero-order valence-corrected chi connectivity index (χ0v) is 17.6. The number of aliphatic imine (C=N–C) groups is 1. The van der Waals surface area contributed by atoms with E-state index in [1.54, 1.807) is 4.68 Å². The van der Waals surface area contributed by atoms with Gasteiger partial charge in [-0.15, -0.1) is 5.10 Å². The summed E-state index contributed by atoms with van der Waals surface area (Å²) in [5.41, 5.74) is 4.02. The fraction of sp³-hybridized carbons (Fsp3) is 0.304. The number of ether oxygens (including phenoxy) is 1. The van der Waals surface area contributed by atoms with Gasteiger partial charge < -0.3 is 9.64 Å². The van der Waals surface area contributed by atoms with Gasteiger partial charge in [0.15, 0.2) is 0 Å². The van der Waals surface area contributed by atoms with Crippen LogP contribution in [0, 0.1) is 13.8 Å². The first kappa shape index (κ1) is 19.5. The van der Waals surface area contributed by atoms with Crippen LogP contribution < -0.4 is 4.74 Å². The van der Waals surface area contributed by atoms with Gasteiger partial charge in [0.05, 0.1) is 17.7 Å². The summed E-state index contributed by atoms with van der Waals surface area (Å²) < 4.78 is 7.81. The van der Waals surface area contributed by atoms with Gasteiger partial charge >= 0.3 is 0 Å². The van der Waals surface area contributed by atoms with Crippen molar-refractivity contribution in [2.45, 2.75) is 33.1 Å². The second-order valence-electron chi connectivity index (χ2n) is 7.42. The summed E-state index contributed by atoms with van der Waals surface area (Å²) in [4.78, 5) is 7.00. The molecule has 0 bridgehead atoms. The Balaban J connectivity index is 1.48. The Hall–Kier alpha value is -2.79. The SMILES string of the molecule is Cc1cc(Oc2ccn(-c3ccc(Cl)cc3)n2)c(C)cc1N=CN1CCCCC1. The van der Waals surface area contributed by atoms with Gasteiger partial charge in [0.25, 0.3) is 0 Å². The Labute approximate surface area is 176 Å². The van der Waals surface area contributed by atoms with E-state index in [1.165, 1.54) is 19.3 Å². The Kier molecular flexibility index (Phi) is 5.86. The maximum absolute atomic E-state index is 6.05. The van der Waals surface area contributed by atoms with Gasteiger partial charge in [0.1, 0.15) is 5.75 Å². The summed E-state index contributed by atoms with van der Waals surface area (Å²) in [5, 5.41) is 5.21. The fourth-order valence-electron chi connectivity index (χ4n) is 3.41. The molecule has 0 radical (unpaired) electrons. The minimum absolute atomic E-state index is 0.548. The Bertz CT molecular complexity index is 1000. The zero-order chi connectivity index (χ0) is 20.2. The molecular weight excluding hydrogens is 384 g/mol. The molecule has 6 heteroatoms. The van der Waals surface area contributed by atoms with Crippen molar-refractivity contribution in [3.05, 3.63) is 64.8 Å². The molecule has 3 aromatic rings. The van der Waals surface area contributed by atoms with E-state index in [2.05, 4.69) is 23.0 Å². The molecule has 2 aromatic carbocycles. The van der Waals surface area contributed by atoms with Crippen LogP contribution in [0.25, 0.3) is 5.69 Å². The molecule has 0 unspecified atom stereocenters. The summed E-state index contributed by atoms with van der Waals surface area (Å²) in [6.07, 6.45) is 7.68. The Morgan fingerprint density at radius 2 is 1.76 bits per heavy atom. The highest BCUT2D eigenvalue weighted by molar-refractivity contribution is 6.30. The third kappa shape index (κ3) is 4.80. The van der Waals surface area contributed by atoms with Crippen LogP contribution in [0.3, 0.4) is 0 Å². The van der Waals surface area contributed by atoms with Gasteiger partial charge in [0.2, 0.25) is 5.88 Å². The summed E-state index contributed by atoms with van der Waals surface area (Å²) in [7, 11) is 0. The lowest BCUT2D eigenvalue weighted by molar-refractivity contribution is 0.351. The van der Waals surface area contributed by atoms with Gasteiger partial charge in [-0.1, -0.05) is 11.6 Å². The van der Waals surface area contributed by atoms with Crippen molar-refractivity contribution in [2.75, 3.05) is 13.1 Å².